The molecule has 0 fully saturated rings. The van der Waals surface area contributed by atoms with Crippen molar-refractivity contribution in [1.82, 2.24) is 5.32 Å². The molecule has 6 heteroatoms. The highest BCUT2D eigenvalue weighted by molar-refractivity contribution is 6.44. The number of hydrogen-bond acceptors (Lipinski definition) is 4. The molecule has 0 bridgehead atoms. The molecular weight excluding hydrogens is 212 g/mol. The highest BCUT2D eigenvalue weighted by atomic mass is 28.3. The molecule has 0 saturated heterocycles. The molecule has 0 saturated carbocycles. The Kier molecular flexibility index (Phi) is 15.8. The van der Waals surface area contributed by atoms with Gasteiger partial charge in [-0.15, -0.1) is 0 Å². The van der Waals surface area contributed by atoms with Crippen LogP contribution < -0.4 is 11.1 Å². The van der Waals surface area contributed by atoms with Gasteiger partial charge in [-0.3, -0.25) is 0 Å². The summed E-state index contributed by atoms with van der Waals surface area (Å²) >= 11 is 0. The van der Waals surface area contributed by atoms with Crippen LogP contribution in [0.25, 0.3) is 0 Å². The SMILES string of the molecule is CO[SiH](CCCCNCCN)OC.[SiH4]. The molecule has 0 amide bonds. The molecule has 0 aromatic heterocycles. The van der Waals surface area contributed by atoms with E-state index in [1.807, 2.05) is 0 Å². The van der Waals surface area contributed by atoms with Gasteiger partial charge in [-0.2, -0.15) is 0 Å². The second-order valence-electron chi connectivity index (χ2n) is 2.94. The van der Waals surface area contributed by atoms with Crippen LogP contribution in [0.5, 0.6) is 0 Å². The first-order valence-electron chi connectivity index (χ1n) is 4.81. The monoisotopic (exact) mass is 238 g/mol. The molecule has 0 rings (SSSR count). The fourth-order valence-electron chi connectivity index (χ4n) is 1.12. The molecule has 0 aliphatic heterocycles. The minimum atomic E-state index is -1.30. The Balaban J connectivity index is 0. The maximum Gasteiger partial charge on any atom is 0.320 e. The fraction of sp³-hybridized carbons (Fsp3) is 1.00. The molecule has 0 aromatic carbocycles. The maximum absolute atomic E-state index is 5.34. The third-order valence-corrected chi connectivity index (χ3v) is 3.82. The highest BCUT2D eigenvalue weighted by Gasteiger charge is 2.07. The Hall–Kier alpha value is 0.274. The van der Waals surface area contributed by atoms with Gasteiger partial charge in [0.15, 0.2) is 0 Å². The van der Waals surface area contributed by atoms with E-state index in [-0.39, 0.29) is 11.0 Å². The van der Waals surface area contributed by atoms with E-state index in [0.29, 0.717) is 6.54 Å². The molecule has 0 aliphatic carbocycles. The van der Waals surface area contributed by atoms with E-state index in [0.717, 1.165) is 19.1 Å². The molecule has 88 valence electrons. The van der Waals surface area contributed by atoms with Crippen molar-refractivity contribution in [2.45, 2.75) is 18.9 Å². The number of nitrogens with one attached hydrogen (secondary N) is 1. The summed E-state index contributed by atoms with van der Waals surface area (Å²) in [6.45, 7) is 2.68. The first kappa shape index (κ1) is 16.7. The number of unbranched alkanes of at least 4 members (excludes halogenated alkanes) is 1. The smallest absolute Gasteiger partial charge is 0.320 e. The molecule has 0 spiro atoms. The predicted octanol–water partition coefficient (Wildman–Crippen LogP) is -1.62. The van der Waals surface area contributed by atoms with E-state index in [1.54, 1.807) is 14.2 Å². The third-order valence-electron chi connectivity index (χ3n) is 1.89. The van der Waals surface area contributed by atoms with Crippen LogP contribution >= 0.6 is 0 Å². The first-order valence-corrected chi connectivity index (χ1v) is 6.57. The van der Waals surface area contributed by atoms with Crippen molar-refractivity contribution >= 4 is 20.2 Å². The molecule has 0 atom stereocenters. The lowest BCUT2D eigenvalue weighted by atomic mass is 10.3. The predicted molar refractivity (Wildman–Crippen MR) is 68.5 cm³/mol. The fourth-order valence-corrected chi connectivity index (χ4v) is 2.41. The van der Waals surface area contributed by atoms with Crippen molar-refractivity contribution in [2.24, 2.45) is 5.73 Å². The van der Waals surface area contributed by atoms with Gasteiger partial charge in [0.05, 0.1) is 0 Å². The van der Waals surface area contributed by atoms with Crippen molar-refractivity contribution in [1.29, 1.82) is 0 Å². The van der Waals surface area contributed by atoms with Crippen LogP contribution in [0, 0.1) is 0 Å². The van der Waals surface area contributed by atoms with Crippen LogP contribution in [-0.4, -0.2) is 54.1 Å². The lowest BCUT2D eigenvalue weighted by Gasteiger charge is -2.10. The Morgan fingerprint density at radius 3 is 2.29 bits per heavy atom. The molecule has 0 aromatic rings. The minimum absolute atomic E-state index is 0. The van der Waals surface area contributed by atoms with Crippen LogP contribution in [-0.2, 0) is 8.85 Å². The molecule has 3 N–H and O–H groups in total. The number of rotatable bonds is 9. The van der Waals surface area contributed by atoms with Crippen molar-refractivity contribution in [2.75, 3.05) is 33.9 Å². The van der Waals surface area contributed by atoms with Gasteiger partial charge in [-0.25, -0.2) is 0 Å². The number of nitrogens with two attached hydrogens (primary N) is 1. The van der Waals surface area contributed by atoms with Crippen molar-refractivity contribution < 1.29 is 8.85 Å². The summed E-state index contributed by atoms with van der Waals surface area (Å²) in [7, 11) is 2.16. The topological polar surface area (TPSA) is 56.5 Å². The Morgan fingerprint density at radius 1 is 1.14 bits per heavy atom. The lowest BCUT2D eigenvalue weighted by molar-refractivity contribution is 0.276. The zero-order valence-corrected chi connectivity index (χ0v) is 9.87. The van der Waals surface area contributed by atoms with Gasteiger partial charge in [0, 0.05) is 27.3 Å². The van der Waals surface area contributed by atoms with Crippen molar-refractivity contribution in [3.8, 4) is 0 Å². The van der Waals surface area contributed by atoms with Crippen LogP contribution in [0.2, 0.25) is 6.04 Å². The van der Waals surface area contributed by atoms with Crippen LogP contribution in [0.15, 0.2) is 0 Å². The average molecular weight is 238 g/mol. The summed E-state index contributed by atoms with van der Waals surface area (Å²) in [5, 5.41) is 3.25. The highest BCUT2D eigenvalue weighted by Crippen LogP contribution is 2.01. The van der Waals surface area contributed by atoms with E-state index in [2.05, 4.69) is 5.32 Å². The van der Waals surface area contributed by atoms with E-state index in [4.69, 9.17) is 14.6 Å². The second kappa shape index (κ2) is 13.3. The number of hydrogen-bond donors (Lipinski definition) is 2. The molecule has 14 heavy (non-hydrogen) atoms. The average Bonchev–Trinajstić information content (AvgIpc) is 2.17. The van der Waals surface area contributed by atoms with Gasteiger partial charge < -0.3 is 19.9 Å². The van der Waals surface area contributed by atoms with Crippen LogP contribution in [0.4, 0.5) is 0 Å². The minimum Gasteiger partial charge on any atom is -0.400 e. The second-order valence-corrected chi connectivity index (χ2v) is 5.31. The quantitative estimate of drug-likeness (QED) is 0.374. The molecule has 0 radical (unpaired) electrons. The molecule has 0 heterocycles. The molecule has 0 aliphatic rings. The summed E-state index contributed by atoms with van der Waals surface area (Å²) in [5.74, 6) is 0. The summed E-state index contributed by atoms with van der Waals surface area (Å²) in [6, 6.07) is 1.09. The van der Waals surface area contributed by atoms with Gasteiger partial charge in [0.1, 0.15) is 0 Å². The van der Waals surface area contributed by atoms with Gasteiger partial charge in [0.2, 0.25) is 0 Å². The summed E-state index contributed by atoms with van der Waals surface area (Å²) < 4.78 is 10.4. The molecule has 4 nitrogen and oxygen atoms in total. The summed E-state index contributed by atoms with van der Waals surface area (Å²) in [5.41, 5.74) is 5.34. The van der Waals surface area contributed by atoms with E-state index >= 15 is 0 Å². The zero-order chi connectivity index (χ0) is 9.94. The normalized spacial score (nSPS) is 10.3. The van der Waals surface area contributed by atoms with Gasteiger partial charge in [0.25, 0.3) is 0 Å². The summed E-state index contributed by atoms with van der Waals surface area (Å²) in [4.78, 5) is 0. The first-order chi connectivity index (χ1) is 6.35. The van der Waals surface area contributed by atoms with Gasteiger partial charge >= 0.3 is 9.28 Å². The van der Waals surface area contributed by atoms with Crippen LogP contribution in [0.3, 0.4) is 0 Å². The standard InChI is InChI=1S/C8H22N2O2Si.H4Si/c1-11-13(12-2)8-4-3-6-10-7-5-9;/h10,13H,3-9H2,1-2H3;1H4. The van der Waals surface area contributed by atoms with Crippen molar-refractivity contribution in [3.05, 3.63) is 0 Å². The molecular formula is C8H26N2O2Si2. The summed E-state index contributed by atoms with van der Waals surface area (Å²) in [6.07, 6.45) is 2.35. The maximum atomic E-state index is 5.34. The lowest BCUT2D eigenvalue weighted by Crippen LogP contribution is -2.24. The Morgan fingerprint density at radius 2 is 1.79 bits per heavy atom. The van der Waals surface area contributed by atoms with Gasteiger partial charge in [-0.05, 0) is 30.0 Å². The van der Waals surface area contributed by atoms with E-state index < -0.39 is 9.28 Å². The Bertz CT molecular complexity index is 105. The van der Waals surface area contributed by atoms with E-state index in [1.165, 1.54) is 12.8 Å². The Labute approximate surface area is 93.4 Å². The van der Waals surface area contributed by atoms with Crippen LogP contribution in [0.1, 0.15) is 12.8 Å². The third kappa shape index (κ3) is 10.4. The zero-order valence-electron chi connectivity index (χ0n) is 8.71. The van der Waals surface area contributed by atoms with E-state index in [9.17, 15) is 0 Å². The molecule has 0 unspecified atom stereocenters. The van der Waals surface area contributed by atoms with Crippen molar-refractivity contribution in [3.63, 3.8) is 0 Å². The van der Waals surface area contributed by atoms with Gasteiger partial charge in [-0.1, -0.05) is 6.42 Å². The largest absolute Gasteiger partial charge is 0.400 e.